The Hall–Kier alpha value is -0.710. The van der Waals surface area contributed by atoms with Gasteiger partial charge in [0.25, 0.3) is 0 Å². The lowest BCUT2D eigenvalue weighted by Crippen LogP contribution is -2.16. The lowest BCUT2D eigenvalue weighted by molar-refractivity contribution is -0.140. The molecule has 1 N–H and O–H groups in total. The van der Waals surface area contributed by atoms with E-state index in [9.17, 15) is 4.79 Å². The quantitative estimate of drug-likeness (QED) is 0.688. The number of rotatable bonds is 3. The lowest BCUT2D eigenvalue weighted by Gasteiger charge is -2.15. The van der Waals surface area contributed by atoms with Crippen LogP contribution in [0.25, 0.3) is 0 Å². The summed E-state index contributed by atoms with van der Waals surface area (Å²) in [6.07, 6.45) is 3.50. The van der Waals surface area contributed by atoms with Crippen molar-refractivity contribution in [2.75, 3.05) is 18.8 Å². The van der Waals surface area contributed by atoms with Gasteiger partial charge in [-0.1, -0.05) is 17.7 Å². The van der Waals surface area contributed by atoms with Gasteiger partial charge in [-0.25, -0.2) is 0 Å². The van der Waals surface area contributed by atoms with Crippen molar-refractivity contribution in [1.29, 1.82) is 0 Å². The highest BCUT2D eigenvalue weighted by atomic mass is 35.5. The zero-order valence-corrected chi connectivity index (χ0v) is 12.9. The van der Waals surface area contributed by atoms with Crippen molar-refractivity contribution in [2.24, 2.45) is 0 Å². The molecule has 0 aromatic heterocycles. The predicted octanol–water partition coefficient (Wildman–Crippen LogP) is 2.83. The number of hydrogen-bond donors (Lipinski definition) is 1. The summed E-state index contributed by atoms with van der Waals surface area (Å²) >= 11 is 8.11. The van der Waals surface area contributed by atoms with Gasteiger partial charge in [-0.15, -0.1) is 11.8 Å². The minimum atomic E-state index is -0.0715. The topological polar surface area (TPSA) is 38.3 Å². The van der Waals surface area contributed by atoms with E-state index in [2.05, 4.69) is 11.4 Å². The van der Waals surface area contributed by atoms with E-state index in [-0.39, 0.29) is 12.1 Å². The average molecular weight is 312 g/mol. The number of carbonyl (C=O) groups excluding carboxylic acids is 1. The molecule has 1 aromatic carbocycles. The largest absolute Gasteiger partial charge is 0.461 e. The van der Waals surface area contributed by atoms with Gasteiger partial charge >= 0.3 is 5.97 Å². The van der Waals surface area contributed by atoms with Gasteiger partial charge in [-0.05, 0) is 49.5 Å². The highest BCUT2D eigenvalue weighted by molar-refractivity contribution is 7.99. The van der Waals surface area contributed by atoms with Crippen LogP contribution in [-0.4, -0.2) is 30.9 Å². The maximum Gasteiger partial charge on any atom is 0.306 e. The van der Waals surface area contributed by atoms with Crippen LogP contribution in [0, 0.1) is 0 Å². The number of nitrogens with one attached hydrogen (secondary N) is 1. The minimum absolute atomic E-state index is 0.0447. The molecule has 0 aliphatic carbocycles. The molecule has 20 heavy (non-hydrogen) atoms. The molecule has 3 nitrogen and oxygen atoms in total. The third-order valence-corrected chi connectivity index (χ3v) is 5.53. The van der Waals surface area contributed by atoms with E-state index in [4.69, 9.17) is 16.3 Å². The Morgan fingerprint density at radius 1 is 1.30 bits per heavy atom. The molecular formula is C15H18ClNO2S. The van der Waals surface area contributed by atoms with Crippen molar-refractivity contribution in [1.82, 2.24) is 5.32 Å². The van der Waals surface area contributed by atoms with Gasteiger partial charge in [0.2, 0.25) is 0 Å². The van der Waals surface area contributed by atoms with Gasteiger partial charge in [0.05, 0.1) is 5.02 Å². The number of esters is 1. The first-order valence-corrected chi connectivity index (χ1v) is 8.43. The maximum absolute atomic E-state index is 11.1. The summed E-state index contributed by atoms with van der Waals surface area (Å²) in [5, 5.41) is 4.24. The van der Waals surface area contributed by atoms with E-state index in [0.29, 0.717) is 6.42 Å². The SMILES string of the molecule is O=C1CCC(CSc2c(Cl)ccc3c2CCNCC3)O1. The molecule has 1 unspecified atom stereocenters. The number of ether oxygens (including phenoxy) is 1. The molecule has 0 spiro atoms. The van der Waals surface area contributed by atoms with Crippen molar-refractivity contribution in [3.8, 4) is 0 Å². The lowest BCUT2D eigenvalue weighted by atomic mass is 10.0. The van der Waals surface area contributed by atoms with Crippen LogP contribution in [0.15, 0.2) is 17.0 Å². The fourth-order valence-corrected chi connectivity index (χ4v) is 4.28. The molecule has 5 heteroatoms. The van der Waals surface area contributed by atoms with E-state index in [0.717, 1.165) is 43.1 Å². The molecule has 0 radical (unpaired) electrons. The molecule has 0 amide bonds. The number of halogens is 1. The van der Waals surface area contributed by atoms with Gasteiger partial charge in [0.1, 0.15) is 6.10 Å². The van der Waals surface area contributed by atoms with Crippen molar-refractivity contribution in [3.63, 3.8) is 0 Å². The number of thioether (sulfide) groups is 1. The van der Waals surface area contributed by atoms with E-state index in [1.165, 1.54) is 16.0 Å². The highest BCUT2D eigenvalue weighted by Gasteiger charge is 2.24. The van der Waals surface area contributed by atoms with E-state index >= 15 is 0 Å². The van der Waals surface area contributed by atoms with Crippen LogP contribution >= 0.6 is 23.4 Å². The zero-order chi connectivity index (χ0) is 13.9. The first-order chi connectivity index (χ1) is 9.74. The normalized spacial score (nSPS) is 22.2. The number of cyclic esters (lactones) is 1. The average Bonchev–Trinajstić information content (AvgIpc) is 2.71. The first kappa shape index (κ1) is 14.2. The molecule has 3 rings (SSSR count). The zero-order valence-electron chi connectivity index (χ0n) is 11.3. The van der Waals surface area contributed by atoms with Gasteiger partial charge in [0, 0.05) is 17.1 Å². The van der Waals surface area contributed by atoms with Crippen molar-refractivity contribution in [2.45, 2.75) is 36.7 Å². The number of fused-ring (bicyclic) bond motifs is 1. The van der Waals surface area contributed by atoms with Crippen LogP contribution < -0.4 is 5.32 Å². The molecule has 2 aliphatic heterocycles. The summed E-state index contributed by atoms with van der Waals surface area (Å²) < 4.78 is 5.28. The van der Waals surface area contributed by atoms with Gasteiger partial charge < -0.3 is 10.1 Å². The Morgan fingerprint density at radius 3 is 2.95 bits per heavy atom. The molecule has 0 saturated carbocycles. The second-order valence-electron chi connectivity index (χ2n) is 5.23. The molecule has 1 aromatic rings. The predicted molar refractivity (Wildman–Crippen MR) is 81.6 cm³/mol. The van der Waals surface area contributed by atoms with Crippen LogP contribution in [0.5, 0.6) is 0 Å². The molecule has 2 aliphatic rings. The minimum Gasteiger partial charge on any atom is -0.461 e. The Bertz CT molecular complexity index is 521. The first-order valence-electron chi connectivity index (χ1n) is 7.07. The van der Waals surface area contributed by atoms with Gasteiger partial charge in [-0.2, -0.15) is 0 Å². The van der Waals surface area contributed by atoms with E-state index < -0.39 is 0 Å². The van der Waals surface area contributed by atoms with Crippen molar-refractivity contribution < 1.29 is 9.53 Å². The van der Waals surface area contributed by atoms with Crippen LogP contribution in [0.4, 0.5) is 0 Å². The standard InChI is InChI=1S/C15H18ClNO2S/c16-13-3-1-10-5-7-17-8-6-12(10)15(13)20-9-11-2-4-14(18)19-11/h1,3,11,17H,2,4-9H2. The van der Waals surface area contributed by atoms with Crippen LogP contribution in [0.3, 0.4) is 0 Å². The van der Waals surface area contributed by atoms with E-state index in [1.807, 2.05) is 6.07 Å². The molecule has 1 fully saturated rings. The number of hydrogen-bond acceptors (Lipinski definition) is 4. The van der Waals surface area contributed by atoms with Crippen LogP contribution in [-0.2, 0) is 22.4 Å². The third-order valence-electron chi connectivity index (χ3n) is 3.81. The second kappa shape index (κ2) is 6.37. The van der Waals surface area contributed by atoms with Crippen molar-refractivity contribution in [3.05, 3.63) is 28.3 Å². The molecule has 2 heterocycles. The summed E-state index contributed by atoms with van der Waals surface area (Å²) in [5.74, 6) is 0.729. The van der Waals surface area contributed by atoms with Gasteiger partial charge in [-0.3, -0.25) is 4.79 Å². The summed E-state index contributed by atoms with van der Waals surface area (Å²) in [7, 11) is 0. The monoisotopic (exact) mass is 311 g/mol. The Balaban J connectivity index is 1.76. The fourth-order valence-electron chi connectivity index (χ4n) is 2.74. The smallest absolute Gasteiger partial charge is 0.306 e. The molecule has 1 atom stereocenters. The van der Waals surface area contributed by atoms with Gasteiger partial charge in [0.15, 0.2) is 0 Å². The molecule has 1 saturated heterocycles. The molecule has 108 valence electrons. The molecular weight excluding hydrogens is 294 g/mol. The Labute approximate surface area is 128 Å². The fraction of sp³-hybridized carbons (Fsp3) is 0.533. The maximum atomic E-state index is 11.1. The number of benzene rings is 1. The number of carbonyl (C=O) groups is 1. The summed E-state index contributed by atoms with van der Waals surface area (Å²) in [6.45, 7) is 2.03. The summed E-state index contributed by atoms with van der Waals surface area (Å²) in [4.78, 5) is 12.3. The highest BCUT2D eigenvalue weighted by Crippen LogP contribution is 2.35. The summed E-state index contributed by atoms with van der Waals surface area (Å²) in [6, 6.07) is 4.14. The Morgan fingerprint density at radius 2 is 2.15 bits per heavy atom. The second-order valence-corrected chi connectivity index (χ2v) is 6.66. The third kappa shape index (κ3) is 3.13. The summed E-state index contributed by atoms with van der Waals surface area (Å²) in [5.41, 5.74) is 2.77. The van der Waals surface area contributed by atoms with Crippen LogP contribution in [0.2, 0.25) is 5.02 Å². The Kier molecular flexibility index (Phi) is 4.54. The molecule has 0 bridgehead atoms. The van der Waals surface area contributed by atoms with E-state index in [1.54, 1.807) is 11.8 Å². The van der Waals surface area contributed by atoms with Crippen LogP contribution in [0.1, 0.15) is 24.0 Å². The van der Waals surface area contributed by atoms with Crippen molar-refractivity contribution >= 4 is 29.3 Å².